The molecule has 0 unspecified atom stereocenters. The van der Waals surface area contributed by atoms with Crippen LogP contribution in [0.2, 0.25) is 0 Å². The number of hydrogen-bond acceptors (Lipinski definition) is 8. The van der Waals surface area contributed by atoms with Crippen molar-refractivity contribution in [3.63, 3.8) is 0 Å². The summed E-state index contributed by atoms with van der Waals surface area (Å²) in [6.45, 7) is 7.72. The monoisotopic (exact) mass is 584 g/mol. The van der Waals surface area contributed by atoms with Crippen LogP contribution in [0.15, 0.2) is 61.9 Å². The average molecular weight is 585 g/mol. The van der Waals surface area contributed by atoms with Crippen molar-refractivity contribution in [2.45, 2.75) is 39.8 Å². The number of ether oxygens (including phenoxy) is 4. The van der Waals surface area contributed by atoms with Crippen molar-refractivity contribution in [1.29, 1.82) is 0 Å². The van der Waals surface area contributed by atoms with Crippen molar-refractivity contribution in [2.24, 2.45) is 4.99 Å². The molecule has 1 aromatic heterocycles. The molecule has 2 aliphatic rings. The molecule has 3 heterocycles. The van der Waals surface area contributed by atoms with Crippen molar-refractivity contribution < 1.29 is 23.7 Å². The van der Waals surface area contributed by atoms with E-state index in [2.05, 4.69) is 20.9 Å². The fourth-order valence-electron chi connectivity index (χ4n) is 4.32. The molecule has 0 saturated heterocycles. The molecule has 10 heteroatoms. The standard InChI is InChI=1S/C27H25BrN2O6S/c1-5-33-26(32)23-15(4)29-27-30(24(23)16-6-8-20-21(11-16)35-13-34-20)25(31)22(37-27)12-17-10-18(28)7-9-19(17)36-14(2)3/h6-12,14,24H,5,13H2,1-4H3/b22-12+/t24-/m0/s1. The van der Waals surface area contributed by atoms with Crippen molar-refractivity contribution >= 4 is 39.3 Å². The van der Waals surface area contributed by atoms with E-state index in [1.165, 1.54) is 11.3 Å². The molecular weight excluding hydrogens is 560 g/mol. The van der Waals surface area contributed by atoms with E-state index in [1.807, 2.05) is 38.1 Å². The van der Waals surface area contributed by atoms with E-state index in [-0.39, 0.29) is 25.1 Å². The molecule has 5 rings (SSSR count). The molecule has 0 spiro atoms. The highest BCUT2D eigenvalue weighted by Crippen LogP contribution is 2.38. The summed E-state index contributed by atoms with van der Waals surface area (Å²) >= 11 is 4.77. The number of carbonyl (C=O) groups excluding carboxylic acids is 1. The molecule has 0 bridgehead atoms. The van der Waals surface area contributed by atoms with Gasteiger partial charge in [0, 0.05) is 10.0 Å². The number of hydrogen-bond donors (Lipinski definition) is 0. The molecular formula is C27H25BrN2O6S. The van der Waals surface area contributed by atoms with E-state index >= 15 is 0 Å². The molecule has 0 amide bonds. The fourth-order valence-corrected chi connectivity index (χ4v) is 5.74. The summed E-state index contributed by atoms with van der Waals surface area (Å²) in [4.78, 5) is 32.1. The molecule has 0 N–H and O–H groups in total. The molecule has 37 heavy (non-hydrogen) atoms. The van der Waals surface area contributed by atoms with E-state index in [0.29, 0.717) is 43.4 Å². The van der Waals surface area contributed by atoms with Gasteiger partial charge in [0.1, 0.15) is 5.75 Å². The van der Waals surface area contributed by atoms with Crippen LogP contribution in [0.3, 0.4) is 0 Å². The maximum Gasteiger partial charge on any atom is 0.338 e. The Hall–Kier alpha value is -3.37. The van der Waals surface area contributed by atoms with Crippen LogP contribution in [0.1, 0.15) is 44.9 Å². The van der Waals surface area contributed by atoms with Crippen molar-refractivity contribution in [2.75, 3.05) is 13.4 Å². The molecule has 2 aromatic carbocycles. The topological polar surface area (TPSA) is 88.4 Å². The summed E-state index contributed by atoms with van der Waals surface area (Å²) in [6, 6.07) is 10.3. The van der Waals surface area contributed by atoms with Crippen molar-refractivity contribution in [3.8, 4) is 17.2 Å². The maximum absolute atomic E-state index is 13.9. The van der Waals surface area contributed by atoms with Gasteiger partial charge >= 0.3 is 5.97 Å². The number of allylic oxidation sites excluding steroid dienone is 1. The Labute approximate surface area is 225 Å². The predicted octanol–water partition coefficient (Wildman–Crippen LogP) is 4.08. The lowest BCUT2D eigenvalue weighted by atomic mass is 9.95. The largest absolute Gasteiger partial charge is 0.490 e. The summed E-state index contributed by atoms with van der Waals surface area (Å²) in [6.07, 6.45) is 1.77. The second-order valence-corrected chi connectivity index (χ2v) is 10.7. The van der Waals surface area contributed by atoms with E-state index in [1.54, 1.807) is 36.6 Å². The highest BCUT2D eigenvalue weighted by molar-refractivity contribution is 9.10. The van der Waals surface area contributed by atoms with Crippen molar-refractivity contribution in [3.05, 3.63) is 83.0 Å². The minimum atomic E-state index is -0.735. The van der Waals surface area contributed by atoms with Crippen LogP contribution in [0.25, 0.3) is 6.08 Å². The van der Waals surface area contributed by atoms with Gasteiger partial charge in [-0.1, -0.05) is 33.3 Å². The fraction of sp³-hybridized carbons (Fsp3) is 0.296. The third-order valence-electron chi connectivity index (χ3n) is 5.85. The van der Waals surface area contributed by atoms with E-state index in [0.717, 1.165) is 10.0 Å². The lowest BCUT2D eigenvalue weighted by Gasteiger charge is -2.24. The summed E-state index contributed by atoms with van der Waals surface area (Å²) in [5.41, 5.74) is 2.00. The van der Waals surface area contributed by atoms with Gasteiger partial charge in [0.2, 0.25) is 6.79 Å². The number of aromatic nitrogens is 1. The SMILES string of the molecule is CCOC(=O)C1=C(C)N=c2s/c(=C/c3cc(Br)ccc3OC(C)C)c(=O)n2[C@H]1c1ccc2c(c1)OCO2. The average Bonchev–Trinajstić information content (AvgIpc) is 3.43. The normalized spacial score (nSPS) is 16.6. The smallest absolute Gasteiger partial charge is 0.338 e. The van der Waals surface area contributed by atoms with Crippen LogP contribution in [0.4, 0.5) is 0 Å². The number of thiazole rings is 1. The minimum absolute atomic E-state index is 0.0321. The Balaban J connectivity index is 1.72. The van der Waals surface area contributed by atoms with Gasteiger partial charge in [-0.05, 0) is 69.7 Å². The van der Waals surface area contributed by atoms with E-state index < -0.39 is 12.0 Å². The van der Waals surface area contributed by atoms with Crippen LogP contribution in [0, 0.1) is 0 Å². The van der Waals surface area contributed by atoms with Gasteiger partial charge in [-0.25, -0.2) is 9.79 Å². The predicted molar refractivity (Wildman–Crippen MR) is 143 cm³/mol. The van der Waals surface area contributed by atoms with Crippen LogP contribution in [0.5, 0.6) is 17.2 Å². The van der Waals surface area contributed by atoms with E-state index in [9.17, 15) is 9.59 Å². The zero-order chi connectivity index (χ0) is 26.3. The molecule has 192 valence electrons. The minimum Gasteiger partial charge on any atom is -0.490 e. The lowest BCUT2D eigenvalue weighted by Crippen LogP contribution is -2.39. The molecule has 2 aliphatic heterocycles. The number of benzene rings is 2. The second-order valence-electron chi connectivity index (χ2n) is 8.76. The zero-order valence-electron chi connectivity index (χ0n) is 20.7. The van der Waals surface area contributed by atoms with Gasteiger partial charge in [0.15, 0.2) is 16.3 Å². The quantitative estimate of drug-likeness (QED) is 0.406. The van der Waals surface area contributed by atoms with Crippen LogP contribution in [-0.2, 0) is 9.53 Å². The molecule has 8 nitrogen and oxygen atoms in total. The Morgan fingerprint density at radius 1 is 1.24 bits per heavy atom. The molecule has 0 radical (unpaired) electrons. The van der Waals surface area contributed by atoms with E-state index in [4.69, 9.17) is 18.9 Å². The molecule has 0 fully saturated rings. The summed E-state index contributed by atoms with van der Waals surface area (Å²) in [5, 5.41) is 0. The second kappa shape index (κ2) is 10.2. The number of esters is 1. The first-order chi connectivity index (χ1) is 17.8. The van der Waals surface area contributed by atoms with Gasteiger partial charge in [-0.3, -0.25) is 9.36 Å². The highest BCUT2D eigenvalue weighted by Gasteiger charge is 2.34. The first-order valence-electron chi connectivity index (χ1n) is 11.8. The summed E-state index contributed by atoms with van der Waals surface area (Å²) < 4.78 is 25.2. The van der Waals surface area contributed by atoms with Gasteiger partial charge in [0.05, 0.1) is 34.6 Å². The Kier molecular flexibility index (Phi) is 6.96. The first kappa shape index (κ1) is 25.3. The molecule has 0 aliphatic carbocycles. The first-order valence-corrected chi connectivity index (χ1v) is 13.4. The lowest BCUT2D eigenvalue weighted by molar-refractivity contribution is -0.139. The van der Waals surface area contributed by atoms with Gasteiger partial charge in [-0.2, -0.15) is 0 Å². The molecule has 0 saturated carbocycles. The van der Waals surface area contributed by atoms with Crippen LogP contribution < -0.4 is 29.1 Å². The molecule has 3 aromatic rings. The summed E-state index contributed by atoms with van der Waals surface area (Å²) in [5.74, 6) is 1.32. The number of nitrogens with zero attached hydrogens (tertiary/aromatic N) is 2. The number of fused-ring (bicyclic) bond motifs is 2. The Bertz CT molecular complexity index is 1600. The number of carbonyl (C=O) groups is 1. The van der Waals surface area contributed by atoms with Gasteiger partial charge in [-0.15, -0.1) is 0 Å². The molecule has 1 atom stereocenters. The van der Waals surface area contributed by atoms with Crippen LogP contribution in [-0.4, -0.2) is 30.0 Å². The Morgan fingerprint density at radius 3 is 2.78 bits per heavy atom. The highest BCUT2D eigenvalue weighted by atomic mass is 79.9. The number of halogens is 1. The third kappa shape index (κ3) is 4.83. The van der Waals surface area contributed by atoms with Crippen molar-refractivity contribution in [1.82, 2.24) is 4.57 Å². The number of rotatable bonds is 6. The Morgan fingerprint density at radius 2 is 2.03 bits per heavy atom. The third-order valence-corrected chi connectivity index (χ3v) is 7.33. The van der Waals surface area contributed by atoms with Gasteiger partial charge < -0.3 is 18.9 Å². The van der Waals surface area contributed by atoms with Crippen LogP contribution >= 0.6 is 27.3 Å². The maximum atomic E-state index is 13.9. The zero-order valence-corrected chi connectivity index (χ0v) is 23.1. The van der Waals surface area contributed by atoms with Gasteiger partial charge in [0.25, 0.3) is 5.56 Å². The summed E-state index contributed by atoms with van der Waals surface area (Å²) in [7, 11) is 0.